The summed E-state index contributed by atoms with van der Waals surface area (Å²) < 4.78 is 31.7. The molecular weight excluding hydrogens is 765 g/mol. The number of unbranched alkanes of at least 4 members (excludes halogenated alkanes) is 2. The fourth-order valence-electron chi connectivity index (χ4n) is 9.01. The number of fused-ring (bicyclic) bond motifs is 2. The van der Waals surface area contributed by atoms with Gasteiger partial charge in [0.25, 0.3) is 0 Å². The predicted molar refractivity (Wildman–Crippen MR) is 229 cm³/mol. The number of aliphatic hydroxyl groups excluding tert-OH is 2. The molecule has 0 aromatic heterocycles. The van der Waals surface area contributed by atoms with E-state index < -0.39 is 23.8 Å². The Morgan fingerprint density at radius 2 is 1.73 bits per heavy atom. The molecule has 0 saturated heterocycles. The lowest BCUT2D eigenvalue weighted by Crippen LogP contribution is -2.69. The minimum absolute atomic E-state index is 0.0198. The molecule has 0 radical (unpaired) electrons. The lowest BCUT2D eigenvalue weighted by Gasteiger charge is -2.59. The van der Waals surface area contributed by atoms with Crippen LogP contribution < -0.4 is 14.2 Å². The number of carbonyl (C=O) groups excluding carboxylic acids is 2. The number of benzene rings is 3. The zero-order valence-electron chi connectivity index (χ0n) is 34.7. The highest BCUT2D eigenvalue weighted by Crippen LogP contribution is 2.62. The Bertz CT molecular complexity index is 2000. The minimum atomic E-state index is -1.43. The summed E-state index contributed by atoms with van der Waals surface area (Å²) in [6.07, 6.45) is 11.1. The molecule has 1 fully saturated rings. The third-order valence-corrected chi connectivity index (χ3v) is 11.8. The molecule has 6 atom stereocenters. The lowest BCUT2D eigenvalue weighted by atomic mass is 9.55. The third kappa shape index (κ3) is 9.78. The van der Waals surface area contributed by atoms with Crippen molar-refractivity contribution in [2.45, 2.75) is 75.7 Å². The van der Waals surface area contributed by atoms with E-state index in [2.05, 4.69) is 19.2 Å². The Morgan fingerprint density at radius 3 is 2.45 bits per heavy atom. The minimum Gasteiger partial charge on any atom is -0.496 e. The summed E-state index contributed by atoms with van der Waals surface area (Å²) in [5.74, 6) is -0.0916. The summed E-state index contributed by atoms with van der Waals surface area (Å²) in [5, 5.41) is 24.6. The van der Waals surface area contributed by atoms with Gasteiger partial charge in [0.15, 0.2) is 6.29 Å². The van der Waals surface area contributed by atoms with E-state index in [0.717, 1.165) is 48.7 Å². The zero-order chi connectivity index (χ0) is 42.5. The van der Waals surface area contributed by atoms with Crippen LogP contribution in [0.5, 0.6) is 23.0 Å². The molecule has 2 aliphatic carbocycles. The van der Waals surface area contributed by atoms with E-state index in [0.29, 0.717) is 53.5 Å². The second kappa shape index (κ2) is 21.2. The quantitative estimate of drug-likeness (QED) is 0.0437. The average Bonchev–Trinajstić information content (AvgIpc) is 3.27. The SMILES string of the molecule is C=CCCOC(=O)N(C)C1CC(=NOCc2ccccc2)C2=CC(CCCCO)C(CCCCO)C3c4cc(Oc5ccc(OC)c(C=O)c5)ccc4OC1(OCC=C)C23. The molecule has 0 spiro atoms. The Balaban J connectivity index is 1.54. The van der Waals surface area contributed by atoms with Crippen molar-refractivity contribution in [3.8, 4) is 23.0 Å². The first-order chi connectivity index (χ1) is 29.3. The molecule has 2 N–H and O–H groups in total. The summed E-state index contributed by atoms with van der Waals surface area (Å²) in [6, 6.07) is 19.9. The zero-order valence-corrected chi connectivity index (χ0v) is 34.7. The number of aliphatic hydroxyl groups is 2. The van der Waals surface area contributed by atoms with Crippen LogP contribution in [-0.2, 0) is 20.9 Å². The maximum atomic E-state index is 13.9. The van der Waals surface area contributed by atoms with Crippen LogP contribution in [0.4, 0.5) is 4.79 Å². The van der Waals surface area contributed by atoms with Crippen LogP contribution in [-0.4, -0.2) is 85.6 Å². The number of carbonyl (C=O) groups is 2. The summed E-state index contributed by atoms with van der Waals surface area (Å²) in [5.41, 5.74) is 3.81. The van der Waals surface area contributed by atoms with Gasteiger partial charge in [-0.25, -0.2) is 4.79 Å². The Morgan fingerprint density at radius 1 is 0.983 bits per heavy atom. The lowest BCUT2D eigenvalue weighted by molar-refractivity contribution is -0.253. The first kappa shape index (κ1) is 44.1. The topological polar surface area (TPSA) is 146 Å². The van der Waals surface area contributed by atoms with Crippen LogP contribution >= 0.6 is 0 Å². The van der Waals surface area contributed by atoms with Crippen LogP contribution in [0.25, 0.3) is 0 Å². The smallest absolute Gasteiger partial charge is 0.409 e. The molecule has 1 saturated carbocycles. The van der Waals surface area contributed by atoms with Crippen molar-refractivity contribution in [2.75, 3.05) is 40.6 Å². The molecule has 3 aromatic rings. The molecule has 3 aromatic carbocycles. The Hall–Kier alpha value is -5.43. The van der Waals surface area contributed by atoms with Crippen molar-refractivity contribution in [1.82, 2.24) is 4.90 Å². The highest BCUT2D eigenvalue weighted by atomic mass is 16.7. The van der Waals surface area contributed by atoms with Gasteiger partial charge in [-0.05, 0) is 91.5 Å². The van der Waals surface area contributed by atoms with E-state index >= 15 is 0 Å². The van der Waals surface area contributed by atoms with Gasteiger partial charge in [-0.1, -0.05) is 66.6 Å². The summed E-state index contributed by atoms with van der Waals surface area (Å²) in [4.78, 5) is 33.5. The number of likely N-dealkylation sites (N-methyl/N-ethyl adjacent to an activating group) is 1. The van der Waals surface area contributed by atoms with Gasteiger partial charge in [0.1, 0.15) is 35.6 Å². The van der Waals surface area contributed by atoms with Gasteiger partial charge in [0, 0.05) is 38.2 Å². The van der Waals surface area contributed by atoms with Crippen molar-refractivity contribution in [3.05, 3.63) is 120 Å². The molecule has 12 nitrogen and oxygen atoms in total. The number of hydrogen-bond acceptors (Lipinski definition) is 11. The van der Waals surface area contributed by atoms with E-state index in [1.54, 1.807) is 42.3 Å². The Kier molecular flexibility index (Phi) is 15.6. The summed E-state index contributed by atoms with van der Waals surface area (Å²) >= 11 is 0. The average molecular weight is 823 g/mol. The molecule has 6 unspecified atom stereocenters. The number of aldehydes is 1. The fourth-order valence-corrected chi connectivity index (χ4v) is 9.01. The van der Waals surface area contributed by atoms with Gasteiger partial charge in [-0.3, -0.25) is 4.79 Å². The molecule has 1 heterocycles. The van der Waals surface area contributed by atoms with Crippen LogP contribution in [0.3, 0.4) is 0 Å². The van der Waals surface area contributed by atoms with E-state index in [9.17, 15) is 19.8 Å². The number of nitrogens with zero attached hydrogens (tertiary/aromatic N) is 2. The normalized spacial score (nSPS) is 23.2. The van der Waals surface area contributed by atoms with Crippen LogP contribution in [0.1, 0.15) is 78.8 Å². The standard InChI is InChI=1S/C48H58N2O10/c1-5-7-26-56-47(54)50(3)44-30-41(49-58-32-33-15-9-8-10-16-33)39-28-34(17-11-13-23-51)38(18-12-14-24-52)45-40-29-37(59-36-19-21-42(55-4)35(27-36)31-53)20-22-43(40)60-48(44,46(39)45)57-25-6-2/h5-6,8-10,15-16,19-22,27-29,31,34,38,44-46,51-52H,1-2,7,11-14,17-18,23-26,30,32H2,3-4H3. The van der Waals surface area contributed by atoms with E-state index in [1.807, 2.05) is 48.5 Å². The number of hydrogen-bond donors (Lipinski definition) is 2. The highest BCUT2D eigenvalue weighted by molar-refractivity contribution is 6.03. The maximum Gasteiger partial charge on any atom is 0.409 e. The number of allylic oxidation sites excluding steroid dienone is 1. The largest absolute Gasteiger partial charge is 0.496 e. The number of rotatable bonds is 22. The molecule has 1 aliphatic heterocycles. The third-order valence-electron chi connectivity index (χ3n) is 11.8. The summed E-state index contributed by atoms with van der Waals surface area (Å²) in [6.45, 7) is 8.45. The second-order valence-electron chi connectivity index (χ2n) is 15.5. The molecule has 3 aliphatic rings. The number of methoxy groups -OCH3 is 1. The van der Waals surface area contributed by atoms with Crippen molar-refractivity contribution < 1.29 is 48.3 Å². The molecule has 6 rings (SSSR count). The molecule has 12 heteroatoms. The van der Waals surface area contributed by atoms with Crippen LogP contribution in [0.15, 0.2) is 109 Å². The summed E-state index contributed by atoms with van der Waals surface area (Å²) in [7, 11) is 3.21. The fraction of sp³-hybridized carbons (Fsp3) is 0.438. The second-order valence-corrected chi connectivity index (χ2v) is 15.5. The van der Waals surface area contributed by atoms with Gasteiger partial charge < -0.3 is 43.6 Å². The van der Waals surface area contributed by atoms with Crippen LogP contribution in [0.2, 0.25) is 0 Å². The highest BCUT2D eigenvalue weighted by Gasteiger charge is 2.65. The van der Waals surface area contributed by atoms with Crippen LogP contribution in [0, 0.1) is 17.8 Å². The van der Waals surface area contributed by atoms with E-state index in [4.69, 9.17) is 33.7 Å². The molecule has 1 amide bonds. The van der Waals surface area contributed by atoms with Gasteiger partial charge >= 0.3 is 6.09 Å². The van der Waals surface area contributed by atoms with Gasteiger partial charge in [0.05, 0.1) is 37.5 Å². The molecular formula is C48H58N2O10. The van der Waals surface area contributed by atoms with Crippen molar-refractivity contribution in [2.24, 2.45) is 22.9 Å². The van der Waals surface area contributed by atoms with Gasteiger partial charge in [-0.15, -0.1) is 13.2 Å². The first-order valence-electron chi connectivity index (χ1n) is 20.9. The predicted octanol–water partition coefficient (Wildman–Crippen LogP) is 8.78. The molecule has 60 heavy (non-hydrogen) atoms. The van der Waals surface area contributed by atoms with Gasteiger partial charge in [-0.2, -0.15) is 0 Å². The monoisotopic (exact) mass is 822 g/mol. The van der Waals surface area contributed by atoms with Crippen molar-refractivity contribution >= 4 is 18.1 Å². The van der Waals surface area contributed by atoms with E-state index in [1.165, 1.54) is 7.11 Å². The van der Waals surface area contributed by atoms with Crippen molar-refractivity contribution in [1.29, 1.82) is 0 Å². The first-order valence-corrected chi connectivity index (χ1v) is 20.9. The number of amides is 1. The Labute approximate surface area is 353 Å². The van der Waals surface area contributed by atoms with Gasteiger partial charge in [0.2, 0.25) is 5.79 Å². The maximum absolute atomic E-state index is 13.9. The molecule has 0 bridgehead atoms. The van der Waals surface area contributed by atoms with E-state index in [-0.39, 0.29) is 57.2 Å². The number of oxime groups is 1. The van der Waals surface area contributed by atoms with Crippen molar-refractivity contribution in [3.63, 3.8) is 0 Å². The molecule has 320 valence electrons. The number of ether oxygens (including phenoxy) is 5.